The van der Waals surface area contributed by atoms with Gasteiger partial charge in [0.2, 0.25) is 0 Å². The molecule has 1 nitrogen and oxygen atoms in total. The Morgan fingerprint density at radius 1 is 0.778 bits per heavy atom. The van der Waals surface area contributed by atoms with Crippen LogP contribution in [0.5, 0.6) is 0 Å². The van der Waals surface area contributed by atoms with Gasteiger partial charge in [-0.05, 0) is 80.1 Å². The molecular formula is C17H21N. The van der Waals surface area contributed by atoms with Gasteiger partial charge in [-0.3, -0.25) is 4.98 Å². The largest absolute Gasteiger partial charge is 0.261 e. The second-order valence-corrected chi connectivity index (χ2v) is 5.10. The van der Waals surface area contributed by atoms with E-state index >= 15 is 0 Å². The molecule has 0 radical (unpaired) electrons. The lowest BCUT2D eigenvalue weighted by molar-refractivity contribution is 1.02. The molecule has 94 valence electrons. The van der Waals surface area contributed by atoms with Crippen LogP contribution in [0.15, 0.2) is 24.4 Å². The number of hydrogen-bond acceptors (Lipinski definition) is 1. The summed E-state index contributed by atoms with van der Waals surface area (Å²) in [5.41, 5.74) is 9.69. The van der Waals surface area contributed by atoms with Crippen molar-refractivity contribution in [2.24, 2.45) is 0 Å². The topological polar surface area (TPSA) is 12.9 Å². The maximum absolute atomic E-state index is 4.44. The summed E-state index contributed by atoms with van der Waals surface area (Å²) in [4.78, 5) is 4.44. The van der Waals surface area contributed by atoms with Crippen molar-refractivity contribution >= 4 is 0 Å². The first-order valence-corrected chi connectivity index (χ1v) is 6.48. The Kier molecular flexibility index (Phi) is 3.51. The number of benzene rings is 1. The summed E-state index contributed by atoms with van der Waals surface area (Å²) >= 11 is 0. The highest BCUT2D eigenvalue weighted by Gasteiger charge is 2.12. The quantitative estimate of drug-likeness (QED) is 0.765. The first kappa shape index (κ1) is 12.8. The summed E-state index contributed by atoms with van der Waals surface area (Å²) in [5, 5.41) is 0. The van der Waals surface area contributed by atoms with Crippen LogP contribution in [-0.2, 0) is 6.42 Å². The molecule has 0 saturated carbocycles. The second kappa shape index (κ2) is 4.93. The molecule has 0 bridgehead atoms. The van der Waals surface area contributed by atoms with Gasteiger partial charge in [0.15, 0.2) is 0 Å². The first-order valence-electron chi connectivity index (χ1n) is 6.48. The zero-order valence-electron chi connectivity index (χ0n) is 12.0. The smallest absolute Gasteiger partial charge is 0.0447 e. The number of aromatic nitrogens is 1. The molecular weight excluding hydrogens is 218 g/mol. The van der Waals surface area contributed by atoms with Gasteiger partial charge in [-0.2, -0.15) is 0 Å². The highest BCUT2D eigenvalue weighted by Crippen LogP contribution is 2.27. The SMILES string of the molecule is Cc1c(C)c(C)c(Cc2ccccn2)c(C)c1C. The van der Waals surface area contributed by atoms with Gasteiger partial charge in [0, 0.05) is 18.3 Å². The number of nitrogens with zero attached hydrogens (tertiary/aromatic N) is 1. The van der Waals surface area contributed by atoms with E-state index in [4.69, 9.17) is 0 Å². The van der Waals surface area contributed by atoms with Crippen LogP contribution in [0, 0.1) is 34.6 Å². The van der Waals surface area contributed by atoms with Gasteiger partial charge < -0.3 is 0 Å². The highest BCUT2D eigenvalue weighted by molar-refractivity contribution is 5.50. The summed E-state index contributed by atoms with van der Waals surface area (Å²) in [6.07, 6.45) is 2.80. The Morgan fingerprint density at radius 3 is 1.83 bits per heavy atom. The lowest BCUT2D eigenvalue weighted by Gasteiger charge is -2.18. The van der Waals surface area contributed by atoms with Crippen LogP contribution in [-0.4, -0.2) is 4.98 Å². The van der Waals surface area contributed by atoms with Gasteiger partial charge >= 0.3 is 0 Å². The van der Waals surface area contributed by atoms with Crippen molar-refractivity contribution in [1.82, 2.24) is 4.98 Å². The van der Waals surface area contributed by atoms with E-state index in [0.717, 1.165) is 12.1 Å². The molecule has 1 heteroatoms. The summed E-state index contributed by atoms with van der Waals surface area (Å²) in [7, 11) is 0. The summed E-state index contributed by atoms with van der Waals surface area (Å²) in [6, 6.07) is 6.12. The fraction of sp³-hybridized carbons (Fsp3) is 0.353. The Bertz CT molecular complexity index is 539. The van der Waals surface area contributed by atoms with Gasteiger partial charge in [0.1, 0.15) is 0 Å². The third-order valence-corrected chi connectivity index (χ3v) is 4.24. The van der Waals surface area contributed by atoms with E-state index in [1.54, 1.807) is 0 Å². The Morgan fingerprint density at radius 2 is 1.33 bits per heavy atom. The number of rotatable bonds is 2. The summed E-state index contributed by atoms with van der Waals surface area (Å²) < 4.78 is 0. The van der Waals surface area contributed by atoms with Crippen LogP contribution in [0.1, 0.15) is 39.1 Å². The van der Waals surface area contributed by atoms with Crippen LogP contribution in [0.4, 0.5) is 0 Å². The average Bonchev–Trinajstić information content (AvgIpc) is 2.40. The molecule has 0 aliphatic carbocycles. The number of hydrogen-bond donors (Lipinski definition) is 0. The molecule has 0 atom stereocenters. The minimum absolute atomic E-state index is 0.931. The van der Waals surface area contributed by atoms with Crippen molar-refractivity contribution in [2.45, 2.75) is 41.0 Å². The standard InChI is InChI=1S/C17H21N/c1-11-12(2)14(4)17(15(5)13(11)3)10-16-8-6-7-9-18-16/h6-9H,10H2,1-5H3. The van der Waals surface area contributed by atoms with Crippen LogP contribution in [0.3, 0.4) is 0 Å². The molecule has 18 heavy (non-hydrogen) atoms. The molecule has 0 fully saturated rings. The van der Waals surface area contributed by atoms with Crippen molar-refractivity contribution < 1.29 is 0 Å². The highest BCUT2D eigenvalue weighted by atomic mass is 14.7. The van der Waals surface area contributed by atoms with Gasteiger partial charge in [0.05, 0.1) is 0 Å². The molecule has 0 amide bonds. The van der Waals surface area contributed by atoms with Crippen molar-refractivity contribution in [3.8, 4) is 0 Å². The zero-order valence-corrected chi connectivity index (χ0v) is 12.0. The Balaban J connectivity index is 2.52. The molecule has 0 spiro atoms. The Hall–Kier alpha value is -1.63. The molecule has 0 aliphatic rings. The molecule has 0 N–H and O–H groups in total. The Labute approximate surface area is 110 Å². The fourth-order valence-electron chi connectivity index (χ4n) is 2.53. The van der Waals surface area contributed by atoms with Gasteiger partial charge in [0.25, 0.3) is 0 Å². The molecule has 1 aromatic carbocycles. The average molecular weight is 239 g/mol. The molecule has 0 saturated heterocycles. The third kappa shape index (κ3) is 2.17. The fourth-order valence-corrected chi connectivity index (χ4v) is 2.53. The van der Waals surface area contributed by atoms with E-state index in [1.165, 1.54) is 33.4 Å². The second-order valence-electron chi connectivity index (χ2n) is 5.10. The predicted octanol–water partition coefficient (Wildman–Crippen LogP) is 4.21. The molecule has 2 rings (SSSR count). The van der Waals surface area contributed by atoms with Gasteiger partial charge in [-0.1, -0.05) is 6.07 Å². The van der Waals surface area contributed by atoms with E-state index in [0.29, 0.717) is 0 Å². The minimum atomic E-state index is 0.931. The molecule has 0 unspecified atom stereocenters. The summed E-state index contributed by atoms with van der Waals surface area (Å²) in [6.45, 7) is 11.1. The summed E-state index contributed by atoms with van der Waals surface area (Å²) in [5.74, 6) is 0. The lowest BCUT2D eigenvalue weighted by Crippen LogP contribution is -2.04. The van der Waals surface area contributed by atoms with Gasteiger partial charge in [-0.15, -0.1) is 0 Å². The van der Waals surface area contributed by atoms with E-state index in [9.17, 15) is 0 Å². The number of pyridine rings is 1. The van der Waals surface area contributed by atoms with Crippen LogP contribution in [0.25, 0.3) is 0 Å². The van der Waals surface area contributed by atoms with Crippen molar-refractivity contribution in [3.63, 3.8) is 0 Å². The van der Waals surface area contributed by atoms with Crippen LogP contribution in [0.2, 0.25) is 0 Å². The molecule has 0 aliphatic heterocycles. The van der Waals surface area contributed by atoms with Gasteiger partial charge in [-0.25, -0.2) is 0 Å². The van der Waals surface area contributed by atoms with Crippen molar-refractivity contribution in [2.75, 3.05) is 0 Å². The molecule has 2 aromatic rings. The third-order valence-electron chi connectivity index (χ3n) is 4.24. The van der Waals surface area contributed by atoms with Crippen molar-refractivity contribution in [3.05, 3.63) is 63.5 Å². The van der Waals surface area contributed by atoms with E-state index in [2.05, 4.69) is 51.7 Å². The maximum atomic E-state index is 4.44. The van der Waals surface area contributed by atoms with Crippen LogP contribution < -0.4 is 0 Å². The molecule has 1 heterocycles. The normalized spacial score (nSPS) is 10.7. The van der Waals surface area contributed by atoms with E-state index in [-0.39, 0.29) is 0 Å². The first-order chi connectivity index (χ1) is 8.52. The zero-order chi connectivity index (χ0) is 13.3. The predicted molar refractivity (Wildman–Crippen MR) is 77.2 cm³/mol. The minimum Gasteiger partial charge on any atom is -0.261 e. The lowest BCUT2D eigenvalue weighted by atomic mass is 9.87. The van der Waals surface area contributed by atoms with Crippen LogP contribution >= 0.6 is 0 Å². The van der Waals surface area contributed by atoms with E-state index < -0.39 is 0 Å². The maximum Gasteiger partial charge on any atom is 0.0447 e. The molecule has 1 aromatic heterocycles. The van der Waals surface area contributed by atoms with E-state index in [1.807, 2.05) is 12.3 Å². The van der Waals surface area contributed by atoms with Crippen molar-refractivity contribution in [1.29, 1.82) is 0 Å². The monoisotopic (exact) mass is 239 g/mol.